The van der Waals surface area contributed by atoms with E-state index in [1.165, 1.54) is 0 Å². The van der Waals surface area contributed by atoms with Gasteiger partial charge in [0.15, 0.2) is 0 Å². The molecule has 2 aromatic heterocycles. The Morgan fingerprint density at radius 3 is 2.50 bits per heavy atom. The van der Waals surface area contributed by atoms with Crippen molar-refractivity contribution in [1.82, 2.24) is 19.4 Å². The van der Waals surface area contributed by atoms with Crippen LogP contribution < -0.4 is 4.74 Å². The van der Waals surface area contributed by atoms with Gasteiger partial charge in [-0.2, -0.15) is 0 Å². The average Bonchev–Trinajstić information content (AvgIpc) is 3.44. The van der Waals surface area contributed by atoms with Crippen molar-refractivity contribution in [2.75, 3.05) is 20.2 Å². The number of piperidine rings is 1. The first kappa shape index (κ1) is 19.1. The maximum absolute atomic E-state index is 12.7. The number of likely N-dealkylation sites (tertiary alicyclic amines) is 1. The molecule has 6 heteroatoms. The van der Waals surface area contributed by atoms with Gasteiger partial charge in [0.1, 0.15) is 11.3 Å². The molecule has 1 saturated carbocycles. The Balaban J connectivity index is 1.45. The number of nitrogens with zero attached hydrogens (tertiary/aromatic N) is 4. The number of aromatic nitrogens is 3. The molecule has 2 fully saturated rings. The van der Waals surface area contributed by atoms with Crippen molar-refractivity contribution in [2.24, 2.45) is 12.5 Å². The Bertz CT molecular complexity index is 1090. The predicted molar refractivity (Wildman–Crippen MR) is 116 cm³/mol. The first-order chi connectivity index (χ1) is 14.5. The molecule has 0 bridgehead atoms. The van der Waals surface area contributed by atoms with Crippen LogP contribution >= 0.6 is 0 Å². The molecule has 1 amide bonds. The quantitative estimate of drug-likeness (QED) is 0.655. The van der Waals surface area contributed by atoms with Gasteiger partial charge >= 0.3 is 0 Å². The molecule has 0 spiro atoms. The lowest BCUT2D eigenvalue weighted by atomic mass is 9.91. The van der Waals surface area contributed by atoms with Crippen molar-refractivity contribution in [3.05, 3.63) is 42.4 Å². The Morgan fingerprint density at radius 1 is 1.17 bits per heavy atom. The van der Waals surface area contributed by atoms with Gasteiger partial charge in [-0.15, -0.1) is 0 Å². The normalized spacial score (nSPS) is 18.6. The standard InChI is InChI=1S/C24H28N4O2/c1-24(10-11-24)23(29)28-12-8-16(9-13-28)19-14-20-22(25-15-27(20)2)21(26-19)17-4-6-18(30-3)7-5-17/h4-7,14-16H,8-13H2,1-3H3. The number of rotatable bonds is 4. The second-order valence-electron chi connectivity index (χ2n) is 8.97. The zero-order valence-electron chi connectivity index (χ0n) is 17.9. The van der Waals surface area contributed by atoms with Crippen LogP contribution in [0.25, 0.3) is 22.3 Å². The summed E-state index contributed by atoms with van der Waals surface area (Å²) in [5.74, 6) is 1.53. The number of pyridine rings is 1. The third kappa shape index (κ3) is 3.24. The molecule has 0 N–H and O–H groups in total. The van der Waals surface area contributed by atoms with E-state index in [2.05, 4.69) is 27.4 Å². The van der Waals surface area contributed by atoms with Gasteiger partial charge in [0, 0.05) is 42.7 Å². The van der Waals surface area contributed by atoms with Crippen molar-refractivity contribution in [3.63, 3.8) is 0 Å². The smallest absolute Gasteiger partial charge is 0.228 e. The van der Waals surface area contributed by atoms with Crippen LogP contribution in [0.15, 0.2) is 36.7 Å². The van der Waals surface area contributed by atoms with E-state index < -0.39 is 0 Å². The van der Waals surface area contributed by atoms with Crippen LogP contribution in [0.5, 0.6) is 5.75 Å². The summed E-state index contributed by atoms with van der Waals surface area (Å²) < 4.78 is 7.36. The highest BCUT2D eigenvalue weighted by atomic mass is 16.5. The van der Waals surface area contributed by atoms with Gasteiger partial charge in [0.25, 0.3) is 0 Å². The highest BCUT2D eigenvalue weighted by molar-refractivity contribution is 5.90. The number of methoxy groups -OCH3 is 1. The Kier molecular flexibility index (Phi) is 4.53. The van der Waals surface area contributed by atoms with Gasteiger partial charge < -0.3 is 14.2 Å². The monoisotopic (exact) mass is 404 g/mol. The molecule has 0 radical (unpaired) electrons. The van der Waals surface area contributed by atoms with Crippen LogP contribution in [-0.2, 0) is 11.8 Å². The second kappa shape index (κ2) is 7.11. The topological polar surface area (TPSA) is 60.2 Å². The maximum atomic E-state index is 12.7. The number of imidazole rings is 1. The third-order valence-corrected chi connectivity index (χ3v) is 6.81. The molecule has 3 heterocycles. The summed E-state index contributed by atoms with van der Waals surface area (Å²) in [6, 6.07) is 10.2. The van der Waals surface area contributed by atoms with Gasteiger partial charge in [0.05, 0.1) is 24.6 Å². The van der Waals surface area contributed by atoms with E-state index >= 15 is 0 Å². The summed E-state index contributed by atoms with van der Waals surface area (Å²) in [5.41, 5.74) is 4.97. The van der Waals surface area contributed by atoms with Crippen LogP contribution in [0, 0.1) is 5.41 Å². The number of amides is 1. The fraction of sp³-hybridized carbons (Fsp3) is 0.458. The first-order valence-electron chi connectivity index (χ1n) is 10.7. The highest BCUT2D eigenvalue weighted by Gasteiger charge is 2.47. The first-order valence-corrected chi connectivity index (χ1v) is 10.7. The van der Waals surface area contributed by atoms with Crippen molar-refractivity contribution >= 4 is 16.9 Å². The number of benzene rings is 1. The molecule has 156 valence electrons. The van der Waals surface area contributed by atoms with Crippen molar-refractivity contribution < 1.29 is 9.53 Å². The number of fused-ring (bicyclic) bond motifs is 1. The second-order valence-corrected chi connectivity index (χ2v) is 8.97. The van der Waals surface area contributed by atoms with Crippen LogP contribution in [0.2, 0.25) is 0 Å². The summed E-state index contributed by atoms with van der Waals surface area (Å²) >= 11 is 0. The summed E-state index contributed by atoms with van der Waals surface area (Å²) in [6.07, 6.45) is 5.84. The minimum absolute atomic E-state index is 0.0831. The molecule has 6 nitrogen and oxygen atoms in total. The largest absolute Gasteiger partial charge is 0.497 e. The lowest BCUT2D eigenvalue weighted by molar-refractivity contribution is -0.137. The Labute approximate surface area is 176 Å². The average molecular weight is 405 g/mol. The number of carbonyl (C=O) groups is 1. The van der Waals surface area contributed by atoms with E-state index in [4.69, 9.17) is 9.72 Å². The summed E-state index contributed by atoms with van der Waals surface area (Å²) in [6.45, 7) is 3.74. The molecule has 0 atom stereocenters. The summed E-state index contributed by atoms with van der Waals surface area (Å²) in [7, 11) is 3.69. The number of hydrogen-bond acceptors (Lipinski definition) is 4. The fourth-order valence-electron chi connectivity index (χ4n) is 4.47. The van der Waals surface area contributed by atoms with Gasteiger partial charge in [0.2, 0.25) is 5.91 Å². The molecule has 1 saturated heterocycles. The maximum Gasteiger partial charge on any atom is 0.228 e. The van der Waals surface area contributed by atoms with E-state index in [1.807, 2.05) is 37.6 Å². The highest BCUT2D eigenvalue weighted by Crippen LogP contribution is 2.47. The number of aryl methyl sites for hydroxylation is 1. The molecule has 3 aromatic rings. The minimum atomic E-state index is -0.0831. The molecule has 30 heavy (non-hydrogen) atoms. The molecule has 1 aliphatic carbocycles. The lowest BCUT2D eigenvalue weighted by Crippen LogP contribution is -2.41. The van der Waals surface area contributed by atoms with Crippen molar-refractivity contribution in [3.8, 4) is 17.0 Å². The Morgan fingerprint density at radius 2 is 1.87 bits per heavy atom. The zero-order chi connectivity index (χ0) is 20.9. The minimum Gasteiger partial charge on any atom is -0.497 e. The summed E-state index contributed by atoms with van der Waals surface area (Å²) in [4.78, 5) is 24.4. The van der Waals surface area contributed by atoms with E-state index in [0.717, 1.165) is 72.5 Å². The number of carbonyl (C=O) groups excluding carboxylic acids is 1. The van der Waals surface area contributed by atoms with E-state index in [0.29, 0.717) is 11.8 Å². The van der Waals surface area contributed by atoms with Crippen LogP contribution in [0.3, 0.4) is 0 Å². The van der Waals surface area contributed by atoms with Crippen molar-refractivity contribution in [1.29, 1.82) is 0 Å². The SMILES string of the molecule is COc1ccc(-c2nc(C3CCN(C(=O)C4(C)CC4)CC3)cc3c2ncn3C)cc1. The zero-order valence-corrected chi connectivity index (χ0v) is 17.9. The lowest BCUT2D eigenvalue weighted by Gasteiger charge is -2.33. The third-order valence-electron chi connectivity index (χ3n) is 6.81. The van der Waals surface area contributed by atoms with E-state index in [9.17, 15) is 4.79 Å². The predicted octanol–water partition coefficient (Wildman–Crippen LogP) is 4.15. The van der Waals surface area contributed by atoms with Gasteiger partial charge in [-0.3, -0.25) is 9.78 Å². The number of ether oxygens (including phenoxy) is 1. The molecule has 5 rings (SSSR count). The summed E-state index contributed by atoms with van der Waals surface area (Å²) in [5, 5.41) is 0. The van der Waals surface area contributed by atoms with Crippen LogP contribution in [0.1, 0.15) is 44.2 Å². The molecular weight excluding hydrogens is 376 g/mol. The number of hydrogen-bond donors (Lipinski definition) is 0. The van der Waals surface area contributed by atoms with Gasteiger partial charge in [-0.1, -0.05) is 6.92 Å². The molecule has 1 aliphatic heterocycles. The van der Waals surface area contributed by atoms with E-state index in [1.54, 1.807) is 7.11 Å². The van der Waals surface area contributed by atoms with Crippen LogP contribution in [-0.4, -0.2) is 45.5 Å². The molecule has 2 aliphatic rings. The molecule has 0 unspecified atom stereocenters. The molecular formula is C24H28N4O2. The van der Waals surface area contributed by atoms with Crippen LogP contribution in [0.4, 0.5) is 0 Å². The van der Waals surface area contributed by atoms with Gasteiger partial charge in [-0.25, -0.2) is 4.98 Å². The molecule has 1 aromatic carbocycles. The van der Waals surface area contributed by atoms with E-state index in [-0.39, 0.29) is 5.41 Å². The Hall–Kier alpha value is -2.89. The fourth-order valence-corrected chi connectivity index (χ4v) is 4.47. The van der Waals surface area contributed by atoms with Crippen molar-refractivity contribution in [2.45, 2.75) is 38.5 Å². The van der Waals surface area contributed by atoms with Gasteiger partial charge in [-0.05, 0) is 56.0 Å².